The van der Waals surface area contributed by atoms with Crippen molar-refractivity contribution in [3.05, 3.63) is 35.6 Å². The van der Waals surface area contributed by atoms with E-state index in [1.165, 1.54) is 28.8 Å². The Kier molecular flexibility index (Phi) is 5.72. The average molecular weight is 343 g/mol. The van der Waals surface area contributed by atoms with Gasteiger partial charge in [0.15, 0.2) is 0 Å². The van der Waals surface area contributed by atoms with E-state index in [-0.39, 0.29) is 18.4 Å². The van der Waals surface area contributed by atoms with Crippen molar-refractivity contribution < 1.29 is 17.6 Å². The summed E-state index contributed by atoms with van der Waals surface area (Å²) in [7, 11) is -0.406. The van der Waals surface area contributed by atoms with E-state index in [0.717, 1.165) is 0 Å². The third-order valence-electron chi connectivity index (χ3n) is 3.92. The second kappa shape index (κ2) is 7.37. The van der Waals surface area contributed by atoms with Crippen LogP contribution in [0.5, 0.6) is 0 Å². The molecule has 23 heavy (non-hydrogen) atoms. The topological polar surface area (TPSA) is 69.7 Å². The third-order valence-corrected chi connectivity index (χ3v) is 5.86. The molecule has 1 heterocycles. The van der Waals surface area contributed by atoms with E-state index < -0.39 is 16.0 Å². The molecule has 0 aliphatic carbocycles. The van der Waals surface area contributed by atoms with Crippen LogP contribution in [0.2, 0.25) is 0 Å². The molecule has 0 aromatic heterocycles. The molecular formula is C15H22FN3O3S. The molecule has 1 saturated heterocycles. The van der Waals surface area contributed by atoms with Crippen molar-refractivity contribution in [3.8, 4) is 0 Å². The molecule has 1 aliphatic rings. The van der Waals surface area contributed by atoms with E-state index in [2.05, 4.69) is 5.32 Å². The minimum absolute atomic E-state index is 0.0110. The van der Waals surface area contributed by atoms with Gasteiger partial charge in [-0.25, -0.2) is 4.39 Å². The molecule has 0 spiro atoms. The quantitative estimate of drug-likeness (QED) is 0.858. The van der Waals surface area contributed by atoms with Crippen molar-refractivity contribution in [2.24, 2.45) is 0 Å². The van der Waals surface area contributed by atoms with Gasteiger partial charge in [0.25, 0.3) is 10.2 Å². The fourth-order valence-corrected chi connectivity index (χ4v) is 3.69. The fraction of sp³-hybridized carbons (Fsp3) is 0.533. The van der Waals surface area contributed by atoms with Crippen LogP contribution >= 0.6 is 0 Å². The fourth-order valence-electron chi connectivity index (χ4n) is 2.56. The summed E-state index contributed by atoms with van der Waals surface area (Å²) in [6.07, 6.45) is 1.09. The first-order chi connectivity index (χ1) is 10.8. The maximum atomic E-state index is 13.5. The van der Waals surface area contributed by atoms with Gasteiger partial charge in [-0.05, 0) is 24.5 Å². The van der Waals surface area contributed by atoms with Crippen molar-refractivity contribution in [2.75, 3.05) is 27.2 Å². The van der Waals surface area contributed by atoms with Crippen LogP contribution in [0.4, 0.5) is 4.39 Å². The Morgan fingerprint density at radius 2 is 1.91 bits per heavy atom. The van der Waals surface area contributed by atoms with Crippen LogP contribution < -0.4 is 5.32 Å². The highest BCUT2D eigenvalue weighted by Crippen LogP contribution is 2.16. The lowest BCUT2D eigenvalue weighted by Gasteiger charge is -2.33. The van der Waals surface area contributed by atoms with Gasteiger partial charge < -0.3 is 5.32 Å². The molecule has 2 rings (SSSR count). The molecule has 1 aromatic carbocycles. The van der Waals surface area contributed by atoms with Crippen molar-refractivity contribution >= 4 is 16.1 Å². The summed E-state index contributed by atoms with van der Waals surface area (Å²) >= 11 is 0. The van der Waals surface area contributed by atoms with Crippen LogP contribution in [-0.2, 0) is 21.4 Å². The molecule has 8 heteroatoms. The SMILES string of the molecule is CN(C)S(=O)(=O)N1CCC(NC(=O)Cc2ccccc2F)CC1. The molecule has 0 atom stereocenters. The molecule has 0 radical (unpaired) electrons. The first-order valence-corrected chi connectivity index (χ1v) is 8.91. The molecule has 1 aliphatic heterocycles. The lowest BCUT2D eigenvalue weighted by Crippen LogP contribution is -2.49. The monoisotopic (exact) mass is 343 g/mol. The van der Waals surface area contributed by atoms with E-state index in [9.17, 15) is 17.6 Å². The Bertz CT molecular complexity index is 656. The summed E-state index contributed by atoms with van der Waals surface area (Å²) in [5.74, 6) is -0.640. The van der Waals surface area contributed by atoms with Crippen LogP contribution in [0, 0.1) is 5.82 Å². The summed E-state index contributed by atoms with van der Waals surface area (Å²) < 4.78 is 40.2. The maximum absolute atomic E-state index is 13.5. The Labute approximate surface area is 136 Å². The number of carbonyl (C=O) groups excluding carboxylic acids is 1. The summed E-state index contributed by atoms with van der Waals surface area (Å²) in [5.41, 5.74) is 0.359. The number of nitrogens with zero attached hydrogens (tertiary/aromatic N) is 2. The zero-order valence-electron chi connectivity index (χ0n) is 13.3. The zero-order chi connectivity index (χ0) is 17.0. The lowest BCUT2D eigenvalue weighted by molar-refractivity contribution is -0.121. The van der Waals surface area contributed by atoms with Gasteiger partial charge in [0.05, 0.1) is 6.42 Å². The molecule has 0 saturated carbocycles. The zero-order valence-corrected chi connectivity index (χ0v) is 14.1. The standard InChI is InChI=1S/C15H22FN3O3S/c1-18(2)23(21,22)19-9-7-13(8-10-19)17-15(20)11-12-5-3-4-6-14(12)16/h3-6,13H,7-11H2,1-2H3,(H,17,20). The minimum Gasteiger partial charge on any atom is -0.353 e. The average Bonchev–Trinajstić information content (AvgIpc) is 2.50. The highest BCUT2D eigenvalue weighted by atomic mass is 32.2. The van der Waals surface area contributed by atoms with Crippen LogP contribution in [-0.4, -0.2) is 56.2 Å². The molecule has 1 aromatic rings. The van der Waals surface area contributed by atoms with Crippen LogP contribution in [0.25, 0.3) is 0 Å². The Morgan fingerprint density at radius 1 is 1.30 bits per heavy atom. The number of halogens is 1. The van der Waals surface area contributed by atoms with Gasteiger partial charge in [0, 0.05) is 33.2 Å². The van der Waals surface area contributed by atoms with Crippen molar-refractivity contribution in [1.82, 2.24) is 13.9 Å². The predicted octanol–water partition coefficient (Wildman–Crippen LogP) is 0.755. The lowest BCUT2D eigenvalue weighted by atomic mass is 10.1. The molecule has 1 amide bonds. The van der Waals surface area contributed by atoms with Crippen LogP contribution in [0.3, 0.4) is 0 Å². The predicted molar refractivity (Wildman–Crippen MR) is 85.4 cm³/mol. The molecule has 0 unspecified atom stereocenters. The van der Waals surface area contributed by atoms with Crippen molar-refractivity contribution in [1.29, 1.82) is 0 Å². The molecule has 6 nitrogen and oxygen atoms in total. The first-order valence-electron chi connectivity index (χ1n) is 7.51. The summed E-state index contributed by atoms with van der Waals surface area (Å²) in [6.45, 7) is 0.732. The second-order valence-electron chi connectivity index (χ2n) is 5.80. The van der Waals surface area contributed by atoms with Gasteiger partial charge in [-0.1, -0.05) is 18.2 Å². The number of rotatable bonds is 5. The number of nitrogens with one attached hydrogen (secondary N) is 1. The van der Waals surface area contributed by atoms with Gasteiger partial charge in [0.2, 0.25) is 5.91 Å². The summed E-state index contributed by atoms with van der Waals surface area (Å²) in [4.78, 5) is 12.0. The van der Waals surface area contributed by atoms with Crippen LogP contribution in [0.1, 0.15) is 18.4 Å². The number of hydrogen-bond donors (Lipinski definition) is 1. The number of hydrogen-bond acceptors (Lipinski definition) is 3. The van der Waals surface area contributed by atoms with Gasteiger partial charge in [-0.3, -0.25) is 4.79 Å². The number of piperidine rings is 1. The molecule has 1 N–H and O–H groups in total. The number of carbonyl (C=O) groups is 1. The Balaban J connectivity index is 1.85. The molecule has 0 bridgehead atoms. The molecular weight excluding hydrogens is 321 g/mol. The summed E-state index contributed by atoms with van der Waals surface area (Å²) in [6, 6.07) is 6.10. The first kappa shape index (κ1) is 17.8. The smallest absolute Gasteiger partial charge is 0.281 e. The van der Waals surface area contributed by atoms with Crippen molar-refractivity contribution in [2.45, 2.75) is 25.3 Å². The molecule has 128 valence electrons. The van der Waals surface area contributed by atoms with Crippen LogP contribution in [0.15, 0.2) is 24.3 Å². The highest BCUT2D eigenvalue weighted by Gasteiger charge is 2.29. The molecule has 1 fully saturated rings. The minimum atomic E-state index is -3.40. The van der Waals surface area contributed by atoms with E-state index in [0.29, 0.717) is 31.5 Å². The third kappa shape index (κ3) is 4.49. The largest absolute Gasteiger partial charge is 0.353 e. The van der Waals surface area contributed by atoms with Crippen molar-refractivity contribution in [3.63, 3.8) is 0 Å². The van der Waals surface area contributed by atoms with Gasteiger partial charge in [-0.2, -0.15) is 17.0 Å². The van der Waals surface area contributed by atoms with E-state index in [1.807, 2.05) is 0 Å². The maximum Gasteiger partial charge on any atom is 0.281 e. The Hall–Kier alpha value is -1.51. The number of amides is 1. The van der Waals surface area contributed by atoms with E-state index in [4.69, 9.17) is 0 Å². The normalized spacial score (nSPS) is 17.4. The van der Waals surface area contributed by atoms with Gasteiger partial charge in [-0.15, -0.1) is 0 Å². The highest BCUT2D eigenvalue weighted by molar-refractivity contribution is 7.86. The van der Waals surface area contributed by atoms with Gasteiger partial charge >= 0.3 is 0 Å². The van der Waals surface area contributed by atoms with Gasteiger partial charge in [0.1, 0.15) is 5.82 Å². The van der Waals surface area contributed by atoms with E-state index >= 15 is 0 Å². The second-order valence-corrected chi connectivity index (χ2v) is 7.94. The Morgan fingerprint density at radius 3 is 2.48 bits per heavy atom. The van der Waals surface area contributed by atoms with E-state index in [1.54, 1.807) is 18.2 Å². The summed E-state index contributed by atoms with van der Waals surface area (Å²) in [5, 5.41) is 2.86. The number of benzene rings is 1.